The van der Waals surface area contributed by atoms with Gasteiger partial charge in [-0.25, -0.2) is 9.59 Å². The lowest BCUT2D eigenvalue weighted by atomic mass is 10.2. The Morgan fingerprint density at radius 2 is 1.89 bits per heavy atom. The Morgan fingerprint density at radius 1 is 1.28 bits per heavy atom. The van der Waals surface area contributed by atoms with Crippen LogP contribution in [0.4, 0.5) is 10.5 Å². The molecule has 18 heavy (non-hydrogen) atoms. The van der Waals surface area contributed by atoms with E-state index in [0.717, 1.165) is 0 Å². The molecule has 0 bridgehead atoms. The maximum atomic E-state index is 11.5. The van der Waals surface area contributed by atoms with Crippen molar-refractivity contribution in [2.45, 2.75) is 31.3 Å². The van der Waals surface area contributed by atoms with Gasteiger partial charge in [-0.05, 0) is 39.0 Å². The van der Waals surface area contributed by atoms with E-state index in [0.29, 0.717) is 10.6 Å². The standard InChI is InChI=1S/C12H15NO4S/c1-12(2,3)17-11(16)13-8-4-7(10(14)15)5-9(18)6-8/h4-6,18H,1-3H3,(H,13,16)(H,14,15). The molecule has 0 aliphatic rings. The second-order valence-electron chi connectivity index (χ2n) is 4.70. The lowest BCUT2D eigenvalue weighted by Crippen LogP contribution is -2.27. The van der Waals surface area contributed by atoms with E-state index in [4.69, 9.17) is 9.84 Å². The number of nitrogens with one attached hydrogen (secondary N) is 1. The first-order valence-corrected chi connectivity index (χ1v) is 5.69. The van der Waals surface area contributed by atoms with Crippen molar-refractivity contribution >= 4 is 30.4 Å². The molecule has 0 unspecified atom stereocenters. The van der Waals surface area contributed by atoms with Crippen LogP contribution in [0.15, 0.2) is 23.1 Å². The number of carboxylic acids is 1. The van der Waals surface area contributed by atoms with E-state index < -0.39 is 17.7 Å². The van der Waals surface area contributed by atoms with Gasteiger partial charge < -0.3 is 9.84 Å². The Hall–Kier alpha value is -1.69. The van der Waals surface area contributed by atoms with Crippen LogP contribution in [0.1, 0.15) is 31.1 Å². The van der Waals surface area contributed by atoms with E-state index in [-0.39, 0.29) is 5.56 Å². The zero-order valence-electron chi connectivity index (χ0n) is 10.4. The first kappa shape index (κ1) is 14.4. The van der Waals surface area contributed by atoms with E-state index >= 15 is 0 Å². The highest BCUT2D eigenvalue weighted by Gasteiger charge is 2.16. The van der Waals surface area contributed by atoms with E-state index in [9.17, 15) is 9.59 Å². The van der Waals surface area contributed by atoms with Gasteiger partial charge in [0.25, 0.3) is 0 Å². The van der Waals surface area contributed by atoms with E-state index in [2.05, 4.69) is 17.9 Å². The molecule has 0 saturated carbocycles. The minimum Gasteiger partial charge on any atom is -0.478 e. The molecule has 0 atom stereocenters. The summed E-state index contributed by atoms with van der Waals surface area (Å²) in [6, 6.07) is 4.27. The molecule has 0 saturated heterocycles. The van der Waals surface area contributed by atoms with Gasteiger partial charge >= 0.3 is 12.1 Å². The molecular formula is C12H15NO4S. The Balaban J connectivity index is 2.85. The van der Waals surface area contributed by atoms with E-state index in [1.54, 1.807) is 26.8 Å². The number of carbonyl (C=O) groups is 2. The molecule has 0 aromatic heterocycles. The fourth-order valence-corrected chi connectivity index (χ4v) is 1.51. The third-order valence-electron chi connectivity index (χ3n) is 1.81. The zero-order chi connectivity index (χ0) is 13.9. The Bertz CT molecular complexity index is 479. The molecule has 2 N–H and O–H groups in total. The van der Waals surface area contributed by atoms with Crippen molar-refractivity contribution in [2.24, 2.45) is 0 Å². The summed E-state index contributed by atoms with van der Waals surface area (Å²) in [5.74, 6) is -1.09. The van der Waals surface area contributed by atoms with Crippen LogP contribution in [0.3, 0.4) is 0 Å². The van der Waals surface area contributed by atoms with Crippen molar-refractivity contribution in [3.8, 4) is 0 Å². The summed E-state index contributed by atoms with van der Waals surface area (Å²) in [6.07, 6.45) is -0.641. The lowest BCUT2D eigenvalue weighted by Gasteiger charge is -2.19. The minimum atomic E-state index is -1.09. The molecule has 0 aliphatic carbocycles. The molecule has 1 aromatic carbocycles. The summed E-state index contributed by atoms with van der Waals surface area (Å²) >= 11 is 4.07. The Kier molecular flexibility index (Phi) is 4.24. The van der Waals surface area contributed by atoms with Crippen LogP contribution in [0.2, 0.25) is 0 Å². The predicted octanol–water partition coefficient (Wildman–Crippen LogP) is 3.02. The molecule has 0 spiro atoms. The van der Waals surface area contributed by atoms with Gasteiger partial charge in [-0.15, -0.1) is 12.6 Å². The number of rotatable bonds is 2. The molecule has 5 nitrogen and oxygen atoms in total. The van der Waals surface area contributed by atoms with Crippen molar-refractivity contribution in [3.05, 3.63) is 23.8 Å². The number of carbonyl (C=O) groups excluding carboxylic acids is 1. The maximum absolute atomic E-state index is 11.5. The molecular weight excluding hydrogens is 254 g/mol. The number of ether oxygens (including phenoxy) is 1. The highest BCUT2D eigenvalue weighted by Crippen LogP contribution is 2.19. The maximum Gasteiger partial charge on any atom is 0.412 e. The average molecular weight is 269 g/mol. The molecule has 1 rings (SSSR count). The normalized spacial score (nSPS) is 10.9. The van der Waals surface area contributed by atoms with Gasteiger partial charge in [-0.2, -0.15) is 0 Å². The third kappa shape index (κ3) is 4.67. The van der Waals surface area contributed by atoms with E-state index in [1.807, 2.05) is 0 Å². The van der Waals surface area contributed by atoms with Crippen LogP contribution >= 0.6 is 12.6 Å². The molecule has 0 radical (unpaired) electrons. The van der Waals surface area contributed by atoms with Gasteiger partial charge in [0, 0.05) is 10.6 Å². The van der Waals surface area contributed by atoms with Gasteiger partial charge in [0.15, 0.2) is 0 Å². The summed E-state index contributed by atoms with van der Waals surface area (Å²) in [5.41, 5.74) is -0.235. The highest BCUT2D eigenvalue weighted by molar-refractivity contribution is 7.80. The number of hydrogen-bond donors (Lipinski definition) is 3. The fourth-order valence-electron chi connectivity index (χ4n) is 1.23. The highest BCUT2D eigenvalue weighted by atomic mass is 32.1. The largest absolute Gasteiger partial charge is 0.478 e. The second-order valence-corrected chi connectivity index (χ2v) is 5.22. The van der Waals surface area contributed by atoms with E-state index in [1.165, 1.54) is 12.1 Å². The van der Waals surface area contributed by atoms with Gasteiger partial charge in [0.1, 0.15) is 5.60 Å². The van der Waals surface area contributed by atoms with Gasteiger partial charge in [0.05, 0.1) is 5.56 Å². The average Bonchev–Trinajstić information content (AvgIpc) is 2.12. The van der Waals surface area contributed by atoms with Crippen molar-refractivity contribution in [1.29, 1.82) is 0 Å². The minimum absolute atomic E-state index is 0.0496. The first-order valence-electron chi connectivity index (χ1n) is 5.25. The van der Waals surface area contributed by atoms with Crippen LogP contribution in [0, 0.1) is 0 Å². The quantitative estimate of drug-likeness (QED) is 0.721. The second kappa shape index (κ2) is 5.30. The summed E-state index contributed by atoms with van der Waals surface area (Å²) in [7, 11) is 0. The fraction of sp³-hybridized carbons (Fsp3) is 0.333. The van der Waals surface area contributed by atoms with Crippen LogP contribution < -0.4 is 5.32 Å². The number of thiol groups is 1. The number of benzene rings is 1. The molecule has 0 fully saturated rings. The third-order valence-corrected chi connectivity index (χ3v) is 2.07. The number of carboxylic acid groups (broad SMARTS) is 1. The summed E-state index contributed by atoms with van der Waals surface area (Å²) in [4.78, 5) is 22.8. The summed E-state index contributed by atoms with van der Waals surface area (Å²) in [5, 5.41) is 11.3. The zero-order valence-corrected chi connectivity index (χ0v) is 11.2. The lowest BCUT2D eigenvalue weighted by molar-refractivity contribution is 0.0632. The van der Waals surface area contributed by atoms with Crippen LogP contribution in [0.25, 0.3) is 0 Å². The van der Waals surface area contributed by atoms with Crippen LogP contribution in [-0.2, 0) is 4.74 Å². The van der Waals surface area contributed by atoms with Crippen molar-refractivity contribution in [1.82, 2.24) is 0 Å². The Morgan fingerprint density at radius 3 is 2.39 bits per heavy atom. The number of anilines is 1. The van der Waals surface area contributed by atoms with Crippen molar-refractivity contribution in [2.75, 3.05) is 5.32 Å². The van der Waals surface area contributed by atoms with Crippen LogP contribution in [0.5, 0.6) is 0 Å². The predicted molar refractivity (Wildman–Crippen MR) is 70.5 cm³/mol. The van der Waals surface area contributed by atoms with Crippen molar-refractivity contribution < 1.29 is 19.4 Å². The van der Waals surface area contributed by atoms with Crippen LogP contribution in [-0.4, -0.2) is 22.8 Å². The van der Waals surface area contributed by atoms with Crippen molar-refractivity contribution in [3.63, 3.8) is 0 Å². The number of amides is 1. The van der Waals surface area contributed by atoms with Gasteiger partial charge in [-0.1, -0.05) is 0 Å². The summed E-state index contributed by atoms with van der Waals surface area (Å²) in [6.45, 7) is 5.22. The smallest absolute Gasteiger partial charge is 0.412 e. The SMILES string of the molecule is CC(C)(C)OC(=O)Nc1cc(S)cc(C(=O)O)c1. The summed E-state index contributed by atoms with van der Waals surface area (Å²) < 4.78 is 5.06. The molecule has 6 heteroatoms. The first-order chi connectivity index (χ1) is 8.17. The van der Waals surface area contributed by atoms with Gasteiger partial charge in [0.2, 0.25) is 0 Å². The number of aromatic carboxylic acids is 1. The molecule has 1 amide bonds. The molecule has 98 valence electrons. The monoisotopic (exact) mass is 269 g/mol. The number of hydrogen-bond acceptors (Lipinski definition) is 4. The Labute approximate surface area is 111 Å². The molecule has 1 aromatic rings. The van der Waals surface area contributed by atoms with Gasteiger partial charge in [-0.3, -0.25) is 5.32 Å². The molecule has 0 heterocycles. The topological polar surface area (TPSA) is 75.6 Å². The molecule has 0 aliphatic heterocycles.